The van der Waals surface area contributed by atoms with Crippen LogP contribution in [0.4, 0.5) is 10.7 Å². The Hall–Kier alpha value is -2.73. The van der Waals surface area contributed by atoms with Crippen molar-refractivity contribution >= 4 is 22.0 Å². The first-order chi connectivity index (χ1) is 11.1. The summed E-state index contributed by atoms with van der Waals surface area (Å²) < 4.78 is 0. The van der Waals surface area contributed by atoms with Crippen molar-refractivity contribution in [1.82, 2.24) is 4.98 Å². The highest BCUT2D eigenvalue weighted by Gasteiger charge is 2.19. The van der Waals surface area contributed by atoms with E-state index in [2.05, 4.69) is 11.9 Å². The molecule has 0 aliphatic carbocycles. The number of nitrogens with zero attached hydrogens (tertiary/aromatic N) is 2. The van der Waals surface area contributed by atoms with Crippen LogP contribution in [-0.4, -0.2) is 9.91 Å². The van der Waals surface area contributed by atoms with Gasteiger partial charge < -0.3 is 5.73 Å². The molecule has 3 rings (SSSR count). The minimum absolute atomic E-state index is 0.0700. The second kappa shape index (κ2) is 6.18. The lowest BCUT2D eigenvalue weighted by Crippen LogP contribution is -1.92. The van der Waals surface area contributed by atoms with E-state index in [4.69, 9.17) is 5.73 Å². The fraction of sp³-hybridized carbons (Fsp3) is 0.118. The molecule has 0 bridgehead atoms. The van der Waals surface area contributed by atoms with Gasteiger partial charge in [-0.3, -0.25) is 15.1 Å². The van der Waals surface area contributed by atoms with E-state index in [9.17, 15) is 10.1 Å². The maximum Gasteiger partial charge on any atom is 0.270 e. The maximum absolute atomic E-state index is 11.0. The molecule has 0 amide bonds. The van der Waals surface area contributed by atoms with E-state index < -0.39 is 0 Å². The largest absolute Gasteiger partial charge is 0.390 e. The van der Waals surface area contributed by atoms with Crippen LogP contribution in [0.5, 0.6) is 0 Å². The number of benzene rings is 1. The molecule has 2 heterocycles. The van der Waals surface area contributed by atoms with E-state index in [-0.39, 0.29) is 10.6 Å². The number of nitro groups is 1. The van der Waals surface area contributed by atoms with Crippen LogP contribution in [0.3, 0.4) is 0 Å². The summed E-state index contributed by atoms with van der Waals surface area (Å²) in [5, 5.41) is 11.7. The van der Waals surface area contributed by atoms with Crippen LogP contribution in [-0.2, 0) is 6.42 Å². The third-order valence-corrected chi connectivity index (χ3v) is 4.79. The predicted octanol–water partition coefficient (Wildman–Crippen LogP) is 4.53. The lowest BCUT2D eigenvalue weighted by molar-refractivity contribution is -0.384. The standard InChI is InChI=1S/C17H15N3O2S/c1-2-14-15(12-4-3-5-13(10-12)20(21)22)17(18)23-16(14)11-6-8-19-9-7-11/h3-10H,2,18H2,1H3. The summed E-state index contributed by atoms with van der Waals surface area (Å²) in [5.74, 6) is 0. The Morgan fingerprint density at radius 3 is 2.61 bits per heavy atom. The van der Waals surface area contributed by atoms with Gasteiger partial charge in [0.15, 0.2) is 0 Å². The van der Waals surface area contributed by atoms with Gasteiger partial charge in [-0.15, -0.1) is 11.3 Å². The molecule has 5 nitrogen and oxygen atoms in total. The number of thiophene rings is 1. The van der Waals surface area contributed by atoms with Crippen molar-refractivity contribution < 1.29 is 4.92 Å². The maximum atomic E-state index is 11.0. The molecule has 0 spiro atoms. The van der Waals surface area contributed by atoms with Gasteiger partial charge in [-0.25, -0.2) is 0 Å². The van der Waals surface area contributed by atoms with Crippen molar-refractivity contribution in [1.29, 1.82) is 0 Å². The van der Waals surface area contributed by atoms with Crippen LogP contribution in [0.25, 0.3) is 21.6 Å². The van der Waals surface area contributed by atoms with Gasteiger partial charge in [0.1, 0.15) is 0 Å². The number of anilines is 1. The number of aromatic nitrogens is 1. The molecule has 2 N–H and O–H groups in total. The van der Waals surface area contributed by atoms with Gasteiger partial charge in [0.25, 0.3) is 5.69 Å². The second-order valence-electron chi connectivity index (χ2n) is 5.05. The molecule has 0 radical (unpaired) electrons. The molecule has 0 saturated carbocycles. The highest BCUT2D eigenvalue weighted by Crippen LogP contribution is 2.44. The third-order valence-electron chi connectivity index (χ3n) is 3.68. The summed E-state index contributed by atoms with van der Waals surface area (Å²) in [6, 6.07) is 10.5. The molecule has 0 unspecified atom stereocenters. The van der Waals surface area contributed by atoms with Gasteiger partial charge in [-0.2, -0.15) is 0 Å². The molecule has 2 aromatic heterocycles. The lowest BCUT2D eigenvalue weighted by Gasteiger charge is -2.06. The molecular formula is C17H15N3O2S. The Bertz CT molecular complexity index is 860. The van der Waals surface area contributed by atoms with Crippen LogP contribution in [0.1, 0.15) is 12.5 Å². The number of hydrogen-bond acceptors (Lipinski definition) is 5. The summed E-state index contributed by atoms with van der Waals surface area (Å²) in [6.07, 6.45) is 4.29. The zero-order valence-corrected chi connectivity index (χ0v) is 13.3. The number of nitrogens with two attached hydrogens (primary N) is 1. The average Bonchev–Trinajstić information content (AvgIpc) is 2.92. The number of hydrogen-bond donors (Lipinski definition) is 1. The quantitative estimate of drug-likeness (QED) is 0.564. The van der Waals surface area contributed by atoms with Crippen molar-refractivity contribution in [3.63, 3.8) is 0 Å². The number of non-ortho nitro benzene ring substituents is 1. The van der Waals surface area contributed by atoms with Crippen LogP contribution >= 0.6 is 11.3 Å². The van der Waals surface area contributed by atoms with Crippen molar-refractivity contribution in [2.75, 3.05) is 5.73 Å². The third kappa shape index (κ3) is 2.80. The normalized spacial score (nSPS) is 10.7. The van der Waals surface area contributed by atoms with Crippen LogP contribution in [0.15, 0.2) is 48.8 Å². The molecule has 0 fully saturated rings. The highest BCUT2D eigenvalue weighted by atomic mass is 32.1. The second-order valence-corrected chi connectivity index (χ2v) is 6.10. The highest BCUT2D eigenvalue weighted by molar-refractivity contribution is 7.20. The van der Waals surface area contributed by atoms with E-state index in [0.29, 0.717) is 5.00 Å². The molecular weight excluding hydrogens is 310 g/mol. The first-order valence-corrected chi connectivity index (χ1v) is 7.99. The monoisotopic (exact) mass is 325 g/mol. The zero-order chi connectivity index (χ0) is 16.4. The number of nitrogen functional groups attached to an aromatic ring is 1. The van der Waals surface area contributed by atoms with E-state index in [0.717, 1.165) is 33.6 Å². The van der Waals surface area contributed by atoms with E-state index in [1.54, 1.807) is 24.5 Å². The van der Waals surface area contributed by atoms with Crippen molar-refractivity contribution in [2.24, 2.45) is 0 Å². The fourth-order valence-electron chi connectivity index (χ4n) is 2.65. The molecule has 3 aromatic rings. The van der Waals surface area contributed by atoms with E-state index in [1.807, 2.05) is 18.2 Å². The number of pyridine rings is 1. The molecule has 1 aromatic carbocycles. The number of rotatable bonds is 4. The van der Waals surface area contributed by atoms with Crippen LogP contribution < -0.4 is 5.73 Å². The summed E-state index contributed by atoms with van der Waals surface area (Å²) in [4.78, 5) is 15.8. The van der Waals surface area contributed by atoms with E-state index in [1.165, 1.54) is 17.4 Å². The molecule has 0 aliphatic rings. The first kappa shape index (κ1) is 15.2. The molecule has 6 heteroatoms. The van der Waals surface area contributed by atoms with Gasteiger partial charge >= 0.3 is 0 Å². The zero-order valence-electron chi connectivity index (χ0n) is 12.5. The SMILES string of the molecule is CCc1c(-c2ccncc2)sc(N)c1-c1cccc([N+](=O)[O-])c1. The molecule has 116 valence electrons. The molecule has 0 aliphatic heterocycles. The Morgan fingerprint density at radius 2 is 1.96 bits per heavy atom. The Morgan fingerprint density at radius 1 is 1.22 bits per heavy atom. The minimum Gasteiger partial charge on any atom is -0.390 e. The van der Waals surface area contributed by atoms with Crippen molar-refractivity contribution in [2.45, 2.75) is 13.3 Å². The molecule has 0 saturated heterocycles. The van der Waals surface area contributed by atoms with Gasteiger partial charge in [0, 0.05) is 35.0 Å². The molecule has 0 atom stereocenters. The van der Waals surface area contributed by atoms with Crippen molar-refractivity contribution in [3.05, 3.63) is 64.5 Å². The average molecular weight is 325 g/mol. The summed E-state index contributed by atoms with van der Waals surface area (Å²) >= 11 is 1.51. The Balaban J connectivity index is 2.19. The summed E-state index contributed by atoms with van der Waals surface area (Å²) in [7, 11) is 0. The van der Waals surface area contributed by atoms with Crippen molar-refractivity contribution in [3.8, 4) is 21.6 Å². The van der Waals surface area contributed by atoms with E-state index >= 15 is 0 Å². The number of nitro benzene ring substituents is 1. The topological polar surface area (TPSA) is 82.0 Å². The summed E-state index contributed by atoms with van der Waals surface area (Å²) in [5.41, 5.74) is 10.2. The smallest absolute Gasteiger partial charge is 0.270 e. The Labute approximate surface area is 137 Å². The van der Waals surface area contributed by atoms with Crippen LogP contribution in [0.2, 0.25) is 0 Å². The van der Waals surface area contributed by atoms with Gasteiger partial charge in [0.05, 0.1) is 9.92 Å². The predicted molar refractivity (Wildman–Crippen MR) is 93.4 cm³/mol. The molecule has 23 heavy (non-hydrogen) atoms. The minimum atomic E-state index is -0.387. The Kier molecular flexibility index (Phi) is 4.08. The fourth-order valence-corrected chi connectivity index (χ4v) is 3.84. The van der Waals surface area contributed by atoms with Crippen LogP contribution in [0, 0.1) is 10.1 Å². The lowest BCUT2D eigenvalue weighted by atomic mass is 9.98. The van der Waals surface area contributed by atoms with Gasteiger partial charge in [-0.05, 0) is 35.2 Å². The van der Waals surface area contributed by atoms with Gasteiger partial charge in [-0.1, -0.05) is 19.1 Å². The van der Waals surface area contributed by atoms with Gasteiger partial charge in [0.2, 0.25) is 0 Å². The first-order valence-electron chi connectivity index (χ1n) is 7.18. The summed E-state index contributed by atoms with van der Waals surface area (Å²) in [6.45, 7) is 2.06.